The molecule has 4 rings (SSSR count). The van der Waals surface area contributed by atoms with Crippen molar-refractivity contribution in [1.29, 1.82) is 0 Å². The van der Waals surface area contributed by atoms with Gasteiger partial charge < -0.3 is 9.47 Å². The Morgan fingerprint density at radius 2 is 1.73 bits per heavy atom. The van der Waals surface area contributed by atoms with Crippen molar-refractivity contribution in [2.45, 2.75) is 19.2 Å². The van der Waals surface area contributed by atoms with E-state index in [1.807, 2.05) is 12.1 Å². The minimum Gasteiger partial charge on any atom is -0.472 e. The number of carbonyl (C=O) groups is 1. The van der Waals surface area contributed by atoms with E-state index in [0.29, 0.717) is 21.2 Å². The predicted octanol–water partition coefficient (Wildman–Crippen LogP) is 5.89. The second kappa shape index (κ2) is 9.22. The van der Waals surface area contributed by atoms with Gasteiger partial charge >= 0.3 is 12.1 Å². The zero-order valence-electron chi connectivity index (χ0n) is 17.2. The van der Waals surface area contributed by atoms with Gasteiger partial charge in [0.1, 0.15) is 22.5 Å². The zero-order valence-corrected chi connectivity index (χ0v) is 18.8. The maximum Gasteiger partial charge on any atom is 0.416 e. The lowest BCUT2D eigenvalue weighted by atomic mass is 10.1. The fourth-order valence-corrected chi connectivity index (χ4v) is 3.54. The van der Waals surface area contributed by atoms with E-state index >= 15 is 0 Å². The number of alkyl halides is 3. The Labute approximate surface area is 195 Å². The molecule has 1 aromatic heterocycles. The predicted molar refractivity (Wildman–Crippen MR) is 118 cm³/mol. The van der Waals surface area contributed by atoms with Crippen molar-refractivity contribution in [3.8, 4) is 11.4 Å². The summed E-state index contributed by atoms with van der Waals surface area (Å²) in [6.07, 6.45) is -6.01. The molecule has 3 aromatic carbocycles. The molecule has 0 amide bonds. The molecule has 0 fully saturated rings. The van der Waals surface area contributed by atoms with Crippen LogP contribution in [0.5, 0.6) is 5.75 Å². The van der Waals surface area contributed by atoms with Gasteiger partial charge in [0.2, 0.25) is 6.10 Å². The Hall–Kier alpha value is -3.40. The van der Waals surface area contributed by atoms with Crippen LogP contribution in [0, 0.1) is 0 Å². The highest BCUT2D eigenvalue weighted by Gasteiger charge is 2.33. The molecule has 1 unspecified atom stereocenters. The average molecular weight is 520 g/mol. The molecule has 0 aliphatic carbocycles. The van der Waals surface area contributed by atoms with Gasteiger partial charge in [0.25, 0.3) is 0 Å². The lowest BCUT2D eigenvalue weighted by Gasteiger charge is -2.20. The highest BCUT2D eigenvalue weighted by atomic mass is 79.9. The van der Waals surface area contributed by atoms with Gasteiger partial charge in [0, 0.05) is 10.0 Å². The molecule has 6 nitrogen and oxygen atoms in total. The van der Waals surface area contributed by atoms with Gasteiger partial charge in [0.15, 0.2) is 0 Å². The highest BCUT2D eigenvalue weighted by Crippen LogP contribution is 2.34. The monoisotopic (exact) mass is 519 g/mol. The zero-order chi connectivity index (χ0) is 23.6. The van der Waals surface area contributed by atoms with E-state index in [2.05, 4.69) is 26.1 Å². The van der Waals surface area contributed by atoms with Gasteiger partial charge in [-0.1, -0.05) is 40.2 Å². The SMILES string of the molecule is CCOC(=O)C(Oc1ccc(Br)cc1-n1nc2ccccc2n1)c1cccc(C(F)(F)F)c1. The van der Waals surface area contributed by atoms with Crippen molar-refractivity contribution in [1.82, 2.24) is 15.0 Å². The molecule has 0 aliphatic rings. The summed E-state index contributed by atoms with van der Waals surface area (Å²) in [5.41, 5.74) is 0.790. The van der Waals surface area contributed by atoms with Crippen molar-refractivity contribution < 1.29 is 27.4 Å². The van der Waals surface area contributed by atoms with Crippen molar-refractivity contribution in [3.63, 3.8) is 0 Å². The fourth-order valence-electron chi connectivity index (χ4n) is 3.19. The Kier molecular flexibility index (Phi) is 6.37. The number of hydrogen-bond acceptors (Lipinski definition) is 5. The minimum absolute atomic E-state index is 0.00993. The molecule has 0 spiro atoms. The molecule has 170 valence electrons. The van der Waals surface area contributed by atoms with Gasteiger partial charge in [0.05, 0.1) is 12.2 Å². The van der Waals surface area contributed by atoms with Crippen LogP contribution in [-0.4, -0.2) is 27.6 Å². The van der Waals surface area contributed by atoms with E-state index in [-0.39, 0.29) is 17.9 Å². The van der Waals surface area contributed by atoms with Crippen LogP contribution in [0.3, 0.4) is 0 Å². The molecule has 0 saturated heterocycles. The lowest BCUT2D eigenvalue weighted by Crippen LogP contribution is -2.23. The molecular formula is C23H17BrF3N3O3. The number of ether oxygens (including phenoxy) is 2. The second-order valence-electron chi connectivity index (χ2n) is 6.96. The van der Waals surface area contributed by atoms with Crippen molar-refractivity contribution in [2.75, 3.05) is 6.61 Å². The number of halogens is 4. The van der Waals surface area contributed by atoms with Gasteiger partial charge in [-0.3, -0.25) is 0 Å². The van der Waals surface area contributed by atoms with Crippen LogP contribution in [0.25, 0.3) is 16.7 Å². The smallest absolute Gasteiger partial charge is 0.416 e. The third kappa shape index (κ3) is 5.00. The first-order valence-electron chi connectivity index (χ1n) is 9.88. The number of hydrogen-bond donors (Lipinski definition) is 0. The summed E-state index contributed by atoms with van der Waals surface area (Å²) in [5, 5.41) is 8.86. The van der Waals surface area contributed by atoms with E-state index in [1.54, 1.807) is 37.3 Å². The van der Waals surface area contributed by atoms with Gasteiger partial charge in [-0.05, 0) is 49.4 Å². The van der Waals surface area contributed by atoms with Crippen LogP contribution >= 0.6 is 15.9 Å². The van der Waals surface area contributed by atoms with Crippen LogP contribution in [0.2, 0.25) is 0 Å². The quantitative estimate of drug-likeness (QED) is 0.297. The maximum absolute atomic E-state index is 13.3. The highest BCUT2D eigenvalue weighted by molar-refractivity contribution is 9.10. The summed E-state index contributed by atoms with van der Waals surface area (Å²) >= 11 is 3.39. The molecule has 4 aromatic rings. The Morgan fingerprint density at radius 1 is 1.03 bits per heavy atom. The van der Waals surface area contributed by atoms with E-state index in [4.69, 9.17) is 9.47 Å². The van der Waals surface area contributed by atoms with Crippen LogP contribution < -0.4 is 4.74 Å². The average Bonchev–Trinajstić information content (AvgIpc) is 3.22. The largest absolute Gasteiger partial charge is 0.472 e. The Bertz CT molecular complexity index is 1270. The first-order chi connectivity index (χ1) is 15.8. The number of nitrogens with zero attached hydrogens (tertiary/aromatic N) is 3. The Balaban J connectivity index is 1.78. The molecule has 0 aliphatic heterocycles. The lowest BCUT2D eigenvalue weighted by molar-refractivity contribution is -0.152. The first kappa shape index (κ1) is 22.8. The molecule has 0 N–H and O–H groups in total. The van der Waals surface area contributed by atoms with Gasteiger partial charge in [-0.2, -0.15) is 13.2 Å². The molecule has 1 heterocycles. The van der Waals surface area contributed by atoms with Crippen LogP contribution in [0.1, 0.15) is 24.2 Å². The summed E-state index contributed by atoms with van der Waals surface area (Å²) in [6, 6.07) is 16.6. The Morgan fingerprint density at radius 3 is 2.36 bits per heavy atom. The van der Waals surface area contributed by atoms with Crippen LogP contribution in [0.15, 0.2) is 71.2 Å². The molecule has 33 heavy (non-hydrogen) atoms. The number of carbonyl (C=O) groups excluding carboxylic acids is 1. The van der Waals surface area contributed by atoms with Crippen LogP contribution in [-0.2, 0) is 15.7 Å². The fraction of sp³-hybridized carbons (Fsp3) is 0.174. The van der Waals surface area contributed by atoms with Gasteiger partial charge in [-0.15, -0.1) is 15.0 Å². The van der Waals surface area contributed by atoms with Crippen molar-refractivity contribution >= 4 is 32.9 Å². The summed E-state index contributed by atoms with van der Waals surface area (Å²) in [7, 11) is 0. The molecule has 1 atom stereocenters. The summed E-state index contributed by atoms with van der Waals surface area (Å²) in [6.45, 7) is 1.64. The third-order valence-corrected chi connectivity index (χ3v) is 5.18. The second-order valence-corrected chi connectivity index (χ2v) is 7.88. The maximum atomic E-state index is 13.3. The molecule has 0 saturated carbocycles. The van der Waals surface area contributed by atoms with Crippen molar-refractivity contribution in [2.24, 2.45) is 0 Å². The summed E-state index contributed by atoms with van der Waals surface area (Å²) < 4.78 is 51.5. The van der Waals surface area contributed by atoms with E-state index in [0.717, 1.165) is 12.1 Å². The normalized spacial score (nSPS) is 12.5. The minimum atomic E-state index is -4.57. The number of rotatable bonds is 6. The van der Waals surface area contributed by atoms with Gasteiger partial charge in [-0.25, -0.2) is 4.79 Å². The van der Waals surface area contributed by atoms with Crippen molar-refractivity contribution in [3.05, 3.63) is 82.3 Å². The number of fused-ring (bicyclic) bond motifs is 1. The van der Waals surface area contributed by atoms with Crippen LogP contribution in [0.4, 0.5) is 13.2 Å². The molecule has 10 heteroatoms. The molecule has 0 radical (unpaired) electrons. The topological polar surface area (TPSA) is 66.2 Å². The number of esters is 1. The summed E-state index contributed by atoms with van der Waals surface area (Å²) in [5.74, 6) is -0.627. The van der Waals surface area contributed by atoms with E-state index in [9.17, 15) is 18.0 Å². The first-order valence-corrected chi connectivity index (χ1v) is 10.7. The molecule has 0 bridgehead atoms. The van der Waals surface area contributed by atoms with E-state index < -0.39 is 23.8 Å². The molecular weight excluding hydrogens is 503 g/mol. The number of benzene rings is 3. The van der Waals surface area contributed by atoms with E-state index in [1.165, 1.54) is 16.9 Å². The summed E-state index contributed by atoms with van der Waals surface area (Å²) in [4.78, 5) is 14.0. The number of aromatic nitrogens is 3. The third-order valence-electron chi connectivity index (χ3n) is 4.69. The standard InChI is InChI=1S/C23H17BrF3N3O3/c1-2-32-22(31)21(14-6-5-7-15(12-14)23(25,26)27)33-20-11-10-16(24)13-19(20)30-28-17-8-3-4-9-18(17)29-30/h3-13,21H,2H2,1H3.